The predicted molar refractivity (Wildman–Crippen MR) is 104 cm³/mol. The van der Waals surface area contributed by atoms with E-state index in [4.69, 9.17) is 4.74 Å². The lowest BCUT2D eigenvalue weighted by Gasteiger charge is -2.12. The van der Waals surface area contributed by atoms with Crippen LogP contribution in [0, 0.1) is 6.92 Å². The van der Waals surface area contributed by atoms with Gasteiger partial charge in [-0.25, -0.2) is 9.97 Å². The highest BCUT2D eigenvalue weighted by Gasteiger charge is 2.07. The number of pyridine rings is 1. The zero-order chi connectivity index (χ0) is 19.2. The molecule has 0 aliphatic rings. The van der Waals surface area contributed by atoms with Crippen molar-refractivity contribution in [3.63, 3.8) is 0 Å². The average Bonchev–Trinajstić information content (AvgIpc) is 3.19. The average molecular weight is 364 g/mol. The van der Waals surface area contributed by atoms with Gasteiger partial charge in [-0.05, 0) is 47.7 Å². The van der Waals surface area contributed by atoms with Crippen molar-refractivity contribution in [3.8, 4) is 11.6 Å². The van der Waals surface area contributed by atoms with Crippen molar-refractivity contribution in [2.24, 2.45) is 0 Å². The number of amides is 1. The van der Waals surface area contributed by atoms with Gasteiger partial charge in [-0.3, -0.25) is 9.36 Å². The molecule has 27 heavy (non-hydrogen) atoms. The van der Waals surface area contributed by atoms with Gasteiger partial charge in [-0.2, -0.15) is 0 Å². The molecule has 6 heteroatoms. The van der Waals surface area contributed by atoms with Crippen LogP contribution in [0.4, 0.5) is 0 Å². The van der Waals surface area contributed by atoms with Gasteiger partial charge in [-0.1, -0.05) is 26.0 Å². The molecule has 0 saturated heterocycles. The summed E-state index contributed by atoms with van der Waals surface area (Å²) in [6, 6.07) is 9.76. The van der Waals surface area contributed by atoms with E-state index >= 15 is 0 Å². The molecule has 0 aliphatic carbocycles. The van der Waals surface area contributed by atoms with Crippen molar-refractivity contribution >= 4 is 5.91 Å². The van der Waals surface area contributed by atoms with E-state index in [1.54, 1.807) is 18.7 Å². The third kappa shape index (κ3) is 4.94. The van der Waals surface area contributed by atoms with Crippen LogP contribution >= 0.6 is 0 Å². The third-order valence-corrected chi connectivity index (χ3v) is 4.30. The fourth-order valence-corrected chi connectivity index (χ4v) is 2.85. The summed E-state index contributed by atoms with van der Waals surface area (Å²) in [5.74, 6) is 1.79. The second-order valence-electron chi connectivity index (χ2n) is 6.73. The fraction of sp³-hybridized carbons (Fsp3) is 0.286. The molecule has 2 aromatic heterocycles. The van der Waals surface area contributed by atoms with Gasteiger partial charge in [0, 0.05) is 25.1 Å². The van der Waals surface area contributed by atoms with E-state index in [1.807, 2.05) is 35.0 Å². The van der Waals surface area contributed by atoms with E-state index in [-0.39, 0.29) is 12.5 Å². The highest BCUT2D eigenvalue weighted by Crippen LogP contribution is 2.23. The van der Waals surface area contributed by atoms with Crippen molar-refractivity contribution in [1.82, 2.24) is 19.9 Å². The van der Waals surface area contributed by atoms with Gasteiger partial charge >= 0.3 is 0 Å². The third-order valence-electron chi connectivity index (χ3n) is 4.30. The van der Waals surface area contributed by atoms with Crippen LogP contribution in [0.3, 0.4) is 0 Å². The highest BCUT2D eigenvalue weighted by atomic mass is 16.5. The second-order valence-corrected chi connectivity index (χ2v) is 6.73. The van der Waals surface area contributed by atoms with Gasteiger partial charge in [0.2, 0.25) is 0 Å². The molecule has 0 aliphatic heterocycles. The molecule has 2 heterocycles. The molecule has 0 fully saturated rings. The lowest BCUT2D eigenvalue weighted by Crippen LogP contribution is -2.28. The van der Waals surface area contributed by atoms with Crippen LogP contribution < -0.4 is 10.1 Å². The summed E-state index contributed by atoms with van der Waals surface area (Å²) in [4.78, 5) is 20.4. The first-order chi connectivity index (χ1) is 13.0. The van der Waals surface area contributed by atoms with Gasteiger partial charge in [0.1, 0.15) is 17.9 Å². The molecule has 0 spiro atoms. The van der Waals surface area contributed by atoms with Crippen LogP contribution in [0.15, 0.2) is 55.2 Å². The van der Waals surface area contributed by atoms with Gasteiger partial charge in [0.15, 0.2) is 6.61 Å². The fourth-order valence-electron chi connectivity index (χ4n) is 2.85. The van der Waals surface area contributed by atoms with Crippen molar-refractivity contribution in [3.05, 3.63) is 71.9 Å². The summed E-state index contributed by atoms with van der Waals surface area (Å²) in [5, 5.41) is 2.84. The number of carbonyl (C=O) groups excluding carboxylic acids is 1. The van der Waals surface area contributed by atoms with Crippen molar-refractivity contribution in [2.75, 3.05) is 6.61 Å². The second kappa shape index (κ2) is 8.49. The van der Waals surface area contributed by atoms with Gasteiger partial charge in [0.05, 0.1) is 0 Å². The Morgan fingerprint density at radius 1 is 1.26 bits per heavy atom. The molecule has 6 nitrogen and oxygen atoms in total. The van der Waals surface area contributed by atoms with Crippen molar-refractivity contribution in [2.45, 2.75) is 33.2 Å². The van der Waals surface area contributed by atoms with Gasteiger partial charge < -0.3 is 10.1 Å². The van der Waals surface area contributed by atoms with Gasteiger partial charge in [0.25, 0.3) is 5.91 Å². The lowest BCUT2D eigenvalue weighted by molar-refractivity contribution is -0.123. The molecular formula is C21H24N4O2. The Kier molecular flexibility index (Phi) is 5.86. The molecule has 0 atom stereocenters. The number of imidazole rings is 1. The predicted octanol–water partition coefficient (Wildman–Crippen LogP) is 3.39. The summed E-state index contributed by atoms with van der Waals surface area (Å²) < 4.78 is 7.42. The largest absolute Gasteiger partial charge is 0.484 e. The zero-order valence-electron chi connectivity index (χ0n) is 15.8. The number of aromatic nitrogens is 3. The summed E-state index contributed by atoms with van der Waals surface area (Å²) in [5.41, 5.74) is 3.38. The maximum absolute atomic E-state index is 12.0. The van der Waals surface area contributed by atoms with Crippen LogP contribution in [-0.4, -0.2) is 27.0 Å². The maximum atomic E-state index is 12.0. The topological polar surface area (TPSA) is 69.0 Å². The summed E-state index contributed by atoms with van der Waals surface area (Å²) in [6.45, 7) is 6.77. The SMILES string of the molecule is Cc1cc(OCC(=O)NCc2ccc(-n3ccnc3)nc2)ccc1C(C)C. The standard InChI is InChI=1S/C21H24N4O2/c1-15(2)19-6-5-18(10-16(19)3)27-13-21(26)24-12-17-4-7-20(23-11-17)25-9-8-22-14-25/h4-11,14-15H,12-13H2,1-3H3,(H,24,26). The first-order valence-electron chi connectivity index (χ1n) is 8.96. The molecule has 140 valence electrons. The molecule has 0 unspecified atom stereocenters. The molecule has 1 aromatic carbocycles. The quantitative estimate of drug-likeness (QED) is 0.698. The van der Waals surface area contributed by atoms with E-state index in [2.05, 4.69) is 42.1 Å². The molecule has 1 amide bonds. The minimum absolute atomic E-state index is 0.0129. The monoisotopic (exact) mass is 364 g/mol. The van der Waals surface area contributed by atoms with Crippen molar-refractivity contribution < 1.29 is 9.53 Å². The van der Waals surface area contributed by atoms with E-state index in [0.29, 0.717) is 18.2 Å². The van der Waals surface area contributed by atoms with E-state index in [9.17, 15) is 4.79 Å². The minimum Gasteiger partial charge on any atom is -0.484 e. The highest BCUT2D eigenvalue weighted by molar-refractivity contribution is 5.77. The number of ether oxygens (including phenoxy) is 1. The molecule has 3 aromatic rings. The number of hydrogen-bond donors (Lipinski definition) is 1. The number of aryl methyl sites for hydroxylation is 1. The molecule has 0 bridgehead atoms. The van der Waals surface area contributed by atoms with Crippen LogP contribution in [0.2, 0.25) is 0 Å². The van der Waals surface area contributed by atoms with Crippen molar-refractivity contribution in [1.29, 1.82) is 0 Å². The molecule has 0 radical (unpaired) electrons. The van der Waals surface area contributed by atoms with Crippen LogP contribution in [0.25, 0.3) is 5.82 Å². The number of rotatable bonds is 7. The van der Waals surface area contributed by atoms with Gasteiger partial charge in [-0.15, -0.1) is 0 Å². The smallest absolute Gasteiger partial charge is 0.258 e. The van der Waals surface area contributed by atoms with E-state index < -0.39 is 0 Å². The van der Waals surface area contributed by atoms with E-state index in [1.165, 1.54) is 11.1 Å². The molecule has 0 saturated carbocycles. The Balaban J connectivity index is 1.48. The minimum atomic E-state index is -0.167. The summed E-state index contributed by atoms with van der Waals surface area (Å²) in [7, 11) is 0. The molecular weight excluding hydrogens is 340 g/mol. The Labute approximate surface area is 159 Å². The number of benzene rings is 1. The first kappa shape index (κ1) is 18.6. The first-order valence-corrected chi connectivity index (χ1v) is 8.96. The summed E-state index contributed by atoms with van der Waals surface area (Å²) >= 11 is 0. The lowest BCUT2D eigenvalue weighted by atomic mass is 9.98. The van der Waals surface area contributed by atoms with Crippen LogP contribution in [-0.2, 0) is 11.3 Å². The number of carbonyl (C=O) groups is 1. The Morgan fingerprint density at radius 3 is 2.74 bits per heavy atom. The zero-order valence-corrected chi connectivity index (χ0v) is 15.8. The number of nitrogens with one attached hydrogen (secondary N) is 1. The number of hydrogen-bond acceptors (Lipinski definition) is 4. The normalized spacial score (nSPS) is 10.8. The molecule has 1 N–H and O–H groups in total. The van der Waals surface area contributed by atoms with Crippen LogP contribution in [0.5, 0.6) is 5.75 Å². The maximum Gasteiger partial charge on any atom is 0.258 e. The Bertz CT molecular complexity index is 887. The Morgan fingerprint density at radius 2 is 2.11 bits per heavy atom. The molecule has 3 rings (SSSR count). The van der Waals surface area contributed by atoms with Crippen LogP contribution in [0.1, 0.15) is 36.5 Å². The number of nitrogens with zero attached hydrogens (tertiary/aromatic N) is 3. The van der Waals surface area contributed by atoms with E-state index in [0.717, 1.165) is 11.4 Å². The summed E-state index contributed by atoms with van der Waals surface area (Å²) in [6.07, 6.45) is 6.96. The Hall–Kier alpha value is -3.15.